The first-order valence-electron chi connectivity index (χ1n) is 4.80. The number of hydrogen-bond donors (Lipinski definition) is 0. The van der Waals surface area contributed by atoms with Crippen molar-refractivity contribution in [2.75, 3.05) is 19.0 Å². The largest absolute Gasteiger partial charge is 0.364 e. The van der Waals surface area contributed by atoms with Crippen molar-refractivity contribution in [3.63, 3.8) is 0 Å². The quantitative estimate of drug-likeness (QED) is 0.702. The third kappa shape index (κ3) is 1.58. The Bertz CT molecular complexity index is 488. The second-order valence-electron chi connectivity index (χ2n) is 3.60. The average Bonchev–Trinajstić information content (AvgIpc) is 2.62. The fourth-order valence-corrected chi connectivity index (χ4v) is 1.66. The zero-order valence-corrected chi connectivity index (χ0v) is 8.84. The highest BCUT2D eigenvalue weighted by atomic mass is 16.1. The Labute approximate surface area is 88.2 Å². The number of aldehydes is 1. The van der Waals surface area contributed by atoms with E-state index in [0.29, 0.717) is 6.42 Å². The maximum absolute atomic E-state index is 10.5. The highest BCUT2D eigenvalue weighted by molar-refractivity contribution is 5.65. The molecule has 2 aromatic heterocycles. The number of nitrogens with zero attached hydrogens (tertiary/aromatic N) is 3. The lowest BCUT2D eigenvalue weighted by molar-refractivity contribution is -0.107. The summed E-state index contributed by atoms with van der Waals surface area (Å²) in [7, 11) is 3.96. The molecule has 0 aliphatic rings. The molecule has 4 heteroatoms. The Hall–Kier alpha value is -1.84. The number of imidazole rings is 1. The van der Waals surface area contributed by atoms with Crippen molar-refractivity contribution in [2.24, 2.45) is 0 Å². The zero-order valence-electron chi connectivity index (χ0n) is 8.84. The topological polar surface area (TPSA) is 37.6 Å². The number of aromatic nitrogens is 2. The fraction of sp³-hybridized carbons (Fsp3) is 0.273. The number of fused-ring (bicyclic) bond motifs is 1. The van der Waals surface area contributed by atoms with Crippen molar-refractivity contribution in [3.05, 3.63) is 30.2 Å². The van der Waals surface area contributed by atoms with Gasteiger partial charge in [-0.2, -0.15) is 0 Å². The van der Waals surface area contributed by atoms with Crippen LogP contribution in [0.15, 0.2) is 24.5 Å². The lowest BCUT2D eigenvalue weighted by Gasteiger charge is -2.14. The number of pyridine rings is 1. The van der Waals surface area contributed by atoms with Crippen LogP contribution in [0.5, 0.6) is 0 Å². The first kappa shape index (κ1) is 9.71. The van der Waals surface area contributed by atoms with E-state index >= 15 is 0 Å². The summed E-state index contributed by atoms with van der Waals surface area (Å²) in [6, 6.07) is 5.96. The normalized spacial score (nSPS) is 10.5. The van der Waals surface area contributed by atoms with Gasteiger partial charge in [-0.3, -0.25) is 4.40 Å². The minimum Gasteiger partial charge on any atom is -0.364 e. The van der Waals surface area contributed by atoms with E-state index in [1.807, 2.05) is 41.6 Å². The van der Waals surface area contributed by atoms with Crippen LogP contribution in [-0.4, -0.2) is 29.8 Å². The standard InChI is InChI=1S/C11H13N3O/c1-13(2)11-5-3-4-10-9(6-7-15)12-8-14(10)11/h3-5,7-8H,6H2,1-2H3. The van der Waals surface area contributed by atoms with E-state index in [1.54, 1.807) is 6.33 Å². The van der Waals surface area contributed by atoms with Crippen molar-refractivity contribution >= 4 is 17.6 Å². The second kappa shape index (κ2) is 3.73. The van der Waals surface area contributed by atoms with E-state index in [9.17, 15) is 4.79 Å². The fourth-order valence-electron chi connectivity index (χ4n) is 1.66. The predicted molar refractivity (Wildman–Crippen MR) is 59.3 cm³/mol. The Balaban J connectivity index is 2.63. The van der Waals surface area contributed by atoms with Crippen molar-refractivity contribution in [1.29, 1.82) is 0 Å². The maximum Gasteiger partial charge on any atom is 0.126 e. The van der Waals surface area contributed by atoms with Crippen molar-refractivity contribution in [1.82, 2.24) is 9.38 Å². The van der Waals surface area contributed by atoms with Crippen molar-refractivity contribution in [3.8, 4) is 0 Å². The summed E-state index contributed by atoms with van der Waals surface area (Å²) in [5.74, 6) is 1.05. The van der Waals surface area contributed by atoms with Crippen LogP contribution in [0, 0.1) is 0 Å². The molecule has 0 aliphatic carbocycles. The summed E-state index contributed by atoms with van der Waals surface area (Å²) in [4.78, 5) is 16.7. The zero-order chi connectivity index (χ0) is 10.8. The molecule has 0 aromatic carbocycles. The summed E-state index contributed by atoms with van der Waals surface area (Å²) in [5, 5.41) is 0. The minimum absolute atomic E-state index is 0.368. The molecule has 4 nitrogen and oxygen atoms in total. The average molecular weight is 203 g/mol. The molecule has 0 saturated heterocycles. The molecule has 2 rings (SSSR count). The second-order valence-corrected chi connectivity index (χ2v) is 3.60. The lowest BCUT2D eigenvalue weighted by Crippen LogP contribution is -2.12. The minimum atomic E-state index is 0.368. The molecule has 78 valence electrons. The molecule has 2 aromatic rings. The Morgan fingerprint density at radius 2 is 2.27 bits per heavy atom. The van der Waals surface area contributed by atoms with Gasteiger partial charge < -0.3 is 9.69 Å². The highest BCUT2D eigenvalue weighted by Gasteiger charge is 2.07. The van der Waals surface area contributed by atoms with Gasteiger partial charge in [0.05, 0.1) is 11.2 Å². The molecule has 0 spiro atoms. The van der Waals surface area contributed by atoms with Gasteiger partial charge in [-0.1, -0.05) is 6.07 Å². The summed E-state index contributed by atoms with van der Waals surface area (Å²) in [5.41, 5.74) is 1.82. The van der Waals surface area contributed by atoms with Crippen LogP contribution in [-0.2, 0) is 11.2 Å². The van der Waals surface area contributed by atoms with E-state index in [0.717, 1.165) is 23.3 Å². The molecule has 0 atom stereocenters. The van der Waals surface area contributed by atoms with Gasteiger partial charge in [0.1, 0.15) is 18.4 Å². The SMILES string of the molecule is CN(C)c1cccc2c(CC=O)ncn12. The first-order chi connectivity index (χ1) is 7.24. The molecular weight excluding hydrogens is 190 g/mol. The van der Waals surface area contributed by atoms with Crippen molar-refractivity contribution in [2.45, 2.75) is 6.42 Å². The lowest BCUT2D eigenvalue weighted by atomic mass is 10.2. The van der Waals surface area contributed by atoms with E-state index < -0.39 is 0 Å². The molecule has 0 unspecified atom stereocenters. The molecule has 0 saturated carbocycles. The van der Waals surface area contributed by atoms with Gasteiger partial charge in [-0.25, -0.2) is 4.98 Å². The molecule has 0 fully saturated rings. The Morgan fingerprint density at radius 1 is 1.47 bits per heavy atom. The van der Waals surface area contributed by atoms with Gasteiger partial charge in [-0.05, 0) is 12.1 Å². The van der Waals surface area contributed by atoms with Crippen molar-refractivity contribution < 1.29 is 4.79 Å². The molecule has 2 heterocycles. The van der Waals surface area contributed by atoms with Crippen LogP contribution in [0.2, 0.25) is 0 Å². The van der Waals surface area contributed by atoms with Gasteiger partial charge in [0.2, 0.25) is 0 Å². The van der Waals surface area contributed by atoms with Crippen LogP contribution in [0.3, 0.4) is 0 Å². The van der Waals surface area contributed by atoms with Crippen LogP contribution in [0.25, 0.3) is 5.52 Å². The van der Waals surface area contributed by atoms with E-state index in [2.05, 4.69) is 4.98 Å². The van der Waals surface area contributed by atoms with Crippen LogP contribution in [0.1, 0.15) is 5.69 Å². The Kier molecular flexibility index (Phi) is 2.41. The van der Waals surface area contributed by atoms with E-state index in [4.69, 9.17) is 0 Å². The number of rotatable bonds is 3. The number of hydrogen-bond acceptors (Lipinski definition) is 3. The summed E-state index contributed by atoms with van der Waals surface area (Å²) in [6.07, 6.45) is 3.00. The third-order valence-electron chi connectivity index (χ3n) is 2.37. The van der Waals surface area contributed by atoms with Crippen LogP contribution < -0.4 is 4.90 Å². The van der Waals surface area contributed by atoms with Crippen LogP contribution >= 0.6 is 0 Å². The third-order valence-corrected chi connectivity index (χ3v) is 2.37. The van der Waals surface area contributed by atoms with Gasteiger partial charge in [0.15, 0.2) is 0 Å². The molecule has 0 bridgehead atoms. The van der Waals surface area contributed by atoms with E-state index in [-0.39, 0.29) is 0 Å². The highest BCUT2D eigenvalue weighted by Crippen LogP contribution is 2.17. The maximum atomic E-state index is 10.5. The van der Waals surface area contributed by atoms with Gasteiger partial charge in [-0.15, -0.1) is 0 Å². The first-order valence-corrected chi connectivity index (χ1v) is 4.80. The molecular formula is C11H13N3O. The molecule has 0 aliphatic heterocycles. The summed E-state index contributed by atoms with van der Waals surface area (Å²) < 4.78 is 1.98. The van der Waals surface area contributed by atoms with Gasteiger partial charge >= 0.3 is 0 Å². The molecule has 0 N–H and O–H groups in total. The number of carbonyl (C=O) groups excluding carboxylic acids is 1. The number of anilines is 1. The summed E-state index contributed by atoms with van der Waals surface area (Å²) >= 11 is 0. The molecule has 0 amide bonds. The van der Waals surface area contributed by atoms with E-state index in [1.165, 1.54) is 0 Å². The van der Waals surface area contributed by atoms with Gasteiger partial charge in [0.25, 0.3) is 0 Å². The smallest absolute Gasteiger partial charge is 0.126 e. The predicted octanol–water partition coefficient (Wildman–Crippen LogP) is 1.14. The molecule has 15 heavy (non-hydrogen) atoms. The summed E-state index contributed by atoms with van der Waals surface area (Å²) in [6.45, 7) is 0. The number of carbonyl (C=O) groups is 1. The molecule has 0 radical (unpaired) electrons. The van der Waals surface area contributed by atoms with Crippen LogP contribution in [0.4, 0.5) is 5.82 Å². The van der Waals surface area contributed by atoms with Gasteiger partial charge in [0, 0.05) is 20.5 Å². The Morgan fingerprint density at radius 3 is 2.93 bits per heavy atom. The monoisotopic (exact) mass is 203 g/mol.